The van der Waals surface area contributed by atoms with Crippen molar-refractivity contribution >= 4 is 22.7 Å². The summed E-state index contributed by atoms with van der Waals surface area (Å²) in [6.07, 6.45) is 1.83. The second-order valence-electron chi connectivity index (χ2n) is 5.83. The molecule has 6 heteroatoms. The van der Waals surface area contributed by atoms with Gasteiger partial charge in [-0.15, -0.1) is 5.10 Å². The Kier molecular flexibility index (Phi) is 3.63. The van der Waals surface area contributed by atoms with Gasteiger partial charge in [-0.3, -0.25) is 4.98 Å². The Morgan fingerprint density at radius 1 is 1.14 bits per heavy atom. The first-order valence-corrected chi connectivity index (χ1v) is 7.78. The van der Waals surface area contributed by atoms with Gasteiger partial charge in [0.1, 0.15) is 0 Å². The molecule has 1 aromatic carbocycles. The van der Waals surface area contributed by atoms with Crippen molar-refractivity contribution in [2.45, 2.75) is 37.2 Å². The molecule has 0 aliphatic heterocycles. The molecule has 21 heavy (non-hydrogen) atoms. The predicted octanol–water partition coefficient (Wildman–Crippen LogP) is 3.27. The van der Waals surface area contributed by atoms with E-state index in [1.54, 1.807) is 11.8 Å². The highest BCUT2D eigenvalue weighted by molar-refractivity contribution is 7.98. The molecule has 0 aliphatic carbocycles. The summed E-state index contributed by atoms with van der Waals surface area (Å²) >= 11 is 1.64. The summed E-state index contributed by atoms with van der Waals surface area (Å²) in [5, 5.41) is 14.0. The topological polar surface area (TPSA) is 56.5 Å². The number of benzene rings is 1. The van der Waals surface area contributed by atoms with Gasteiger partial charge in [0, 0.05) is 17.3 Å². The normalized spacial score (nSPS) is 12.0. The van der Waals surface area contributed by atoms with Crippen molar-refractivity contribution in [3.63, 3.8) is 0 Å². The summed E-state index contributed by atoms with van der Waals surface area (Å²) in [7, 11) is 0. The van der Waals surface area contributed by atoms with Gasteiger partial charge in [0.05, 0.1) is 11.1 Å². The van der Waals surface area contributed by atoms with E-state index in [1.165, 1.54) is 5.56 Å². The van der Waals surface area contributed by atoms with Crippen LogP contribution in [0, 0.1) is 0 Å². The molecule has 0 amide bonds. The van der Waals surface area contributed by atoms with Crippen LogP contribution in [0.2, 0.25) is 0 Å². The van der Waals surface area contributed by atoms with Crippen LogP contribution in [0.25, 0.3) is 10.9 Å². The minimum Gasteiger partial charge on any atom is -0.256 e. The summed E-state index contributed by atoms with van der Waals surface area (Å²) in [4.78, 5) is 4.48. The van der Waals surface area contributed by atoms with Gasteiger partial charge < -0.3 is 0 Å². The van der Waals surface area contributed by atoms with E-state index in [9.17, 15) is 0 Å². The molecule has 5 nitrogen and oxygen atoms in total. The van der Waals surface area contributed by atoms with Crippen LogP contribution in [-0.2, 0) is 11.3 Å². The highest BCUT2D eigenvalue weighted by Gasteiger charge is 2.20. The SMILES string of the molecule is CC(C)(C)n1nnnc1SCc1cccc2cccnc12. The van der Waals surface area contributed by atoms with E-state index < -0.39 is 0 Å². The zero-order valence-electron chi connectivity index (χ0n) is 12.3. The molecule has 0 atom stereocenters. The number of fused-ring (bicyclic) bond motifs is 1. The summed E-state index contributed by atoms with van der Waals surface area (Å²) in [5.41, 5.74) is 2.12. The monoisotopic (exact) mass is 299 g/mol. The van der Waals surface area contributed by atoms with E-state index in [0.29, 0.717) is 0 Å². The molecule has 0 fully saturated rings. The Balaban J connectivity index is 1.86. The van der Waals surface area contributed by atoms with Crippen LogP contribution in [0.5, 0.6) is 0 Å². The minimum absolute atomic E-state index is 0.122. The molecule has 0 saturated carbocycles. The molecule has 0 saturated heterocycles. The third kappa shape index (κ3) is 2.90. The van der Waals surface area contributed by atoms with Crippen LogP contribution in [0.1, 0.15) is 26.3 Å². The molecular formula is C15H17N5S. The van der Waals surface area contributed by atoms with Crippen molar-refractivity contribution in [2.24, 2.45) is 0 Å². The summed E-state index contributed by atoms with van der Waals surface area (Å²) in [6.45, 7) is 6.27. The van der Waals surface area contributed by atoms with Gasteiger partial charge in [0.15, 0.2) is 0 Å². The number of pyridine rings is 1. The molecule has 0 radical (unpaired) electrons. The fourth-order valence-electron chi connectivity index (χ4n) is 2.12. The van der Waals surface area contributed by atoms with Gasteiger partial charge in [-0.1, -0.05) is 36.0 Å². The number of nitrogens with zero attached hydrogens (tertiary/aromatic N) is 5. The number of thioether (sulfide) groups is 1. The minimum atomic E-state index is -0.122. The molecule has 0 spiro atoms. The Bertz CT molecular complexity index is 755. The first-order valence-electron chi connectivity index (χ1n) is 6.80. The maximum absolute atomic E-state index is 4.48. The van der Waals surface area contributed by atoms with Crippen molar-refractivity contribution in [3.8, 4) is 0 Å². The lowest BCUT2D eigenvalue weighted by molar-refractivity contribution is 0.321. The van der Waals surface area contributed by atoms with Crippen LogP contribution in [0.3, 0.4) is 0 Å². The lowest BCUT2D eigenvalue weighted by Crippen LogP contribution is -2.24. The average molecular weight is 299 g/mol. The number of tetrazole rings is 1. The maximum atomic E-state index is 4.48. The summed E-state index contributed by atoms with van der Waals surface area (Å²) in [5.74, 6) is 0.796. The van der Waals surface area contributed by atoms with Crippen molar-refractivity contribution in [1.82, 2.24) is 25.2 Å². The van der Waals surface area contributed by atoms with E-state index in [1.807, 2.05) is 16.9 Å². The number of para-hydroxylation sites is 1. The third-order valence-corrected chi connectivity index (χ3v) is 4.12. The van der Waals surface area contributed by atoms with Crippen molar-refractivity contribution in [2.75, 3.05) is 0 Å². The Hall–Kier alpha value is -1.95. The molecule has 0 bridgehead atoms. The Morgan fingerprint density at radius 2 is 1.95 bits per heavy atom. The van der Waals surface area contributed by atoms with Crippen molar-refractivity contribution in [1.29, 1.82) is 0 Å². The molecule has 2 aromatic heterocycles. The van der Waals surface area contributed by atoms with Crippen LogP contribution < -0.4 is 0 Å². The summed E-state index contributed by atoms with van der Waals surface area (Å²) < 4.78 is 1.86. The number of hydrogen-bond donors (Lipinski definition) is 0. The van der Waals surface area contributed by atoms with E-state index >= 15 is 0 Å². The molecule has 0 aliphatic rings. The van der Waals surface area contributed by atoms with E-state index in [2.05, 4.69) is 65.5 Å². The van der Waals surface area contributed by atoms with Gasteiger partial charge in [-0.25, -0.2) is 4.68 Å². The molecular weight excluding hydrogens is 282 g/mol. The molecule has 0 N–H and O–H groups in total. The Labute approximate surface area is 127 Å². The molecule has 3 aromatic rings. The lowest BCUT2D eigenvalue weighted by atomic mass is 10.1. The largest absolute Gasteiger partial charge is 0.256 e. The molecule has 2 heterocycles. The van der Waals surface area contributed by atoms with Crippen LogP contribution in [-0.4, -0.2) is 25.2 Å². The van der Waals surface area contributed by atoms with Crippen molar-refractivity contribution < 1.29 is 0 Å². The lowest BCUT2D eigenvalue weighted by Gasteiger charge is -2.19. The second kappa shape index (κ2) is 5.44. The smallest absolute Gasteiger partial charge is 0.210 e. The fourth-order valence-corrected chi connectivity index (χ4v) is 3.16. The van der Waals surface area contributed by atoms with Gasteiger partial charge in [-0.2, -0.15) is 0 Å². The standard InChI is InChI=1S/C15H17N5S/c1-15(2,3)20-14(17-18-19-20)21-10-12-7-4-6-11-8-5-9-16-13(11)12/h4-9H,10H2,1-3H3. The maximum Gasteiger partial charge on any atom is 0.210 e. The summed E-state index contributed by atoms with van der Waals surface area (Å²) in [6, 6.07) is 10.3. The van der Waals surface area contributed by atoms with E-state index in [-0.39, 0.29) is 5.54 Å². The highest BCUT2D eigenvalue weighted by Crippen LogP contribution is 2.27. The average Bonchev–Trinajstić information content (AvgIpc) is 2.93. The molecule has 3 rings (SSSR count). The predicted molar refractivity (Wildman–Crippen MR) is 84.1 cm³/mol. The van der Waals surface area contributed by atoms with Crippen LogP contribution in [0.15, 0.2) is 41.7 Å². The number of rotatable bonds is 3. The fraction of sp³-hybridized carbons (Fsp3) is 0.333. The van der Waals surface area contributed by atoms with Crippen LogP contribution >= 0.6 is 11.8 Å². The van der Waals surface area contributed by atoms with Gasteiger partial charge >= 0.3 is 0 Å². The molecule has 0 unspecified atom stereocenters. The zero-order chi connectivity index (χ0) is 14.9. The number of hydrogen-bond acceptors (Lipinski definition) is 5. The Morgan fingerprint density at radius 3 is 2.76 bits per heavy atom. The van der Waals surface area contributed by atoms with Crippen LogP contribution in [0.4, 0.5) is 0 Å². The first kappa shape index (κ1) is 14.0. The third-order valence-electron chi connectivity index (χ3n) is 3.15. The van der Waals surface area contributed by atoms with Gasteiger partial charge in [0.25, 0.3) is 0 Å². The van der Waals surface area contributed by atoms with E-state index in [0.717, 1.165) is 21.8 Å². The molecule has 108 valence electrons. The van der Waals surface area contributed by atoms with Gasteiger partial charge in [-0.05, 0) is 42.8 Å². The van der Waals surface area contributed by atoms with Crippen molar-refractivity contribution in [3.05, 3.63) is 42.1 Å². The zero-order valence-corrected chi connectivity index (χ0v) is 13.1. The first-order chi connectivity index (χ1) is 10.1. The quantitative estimate of drug-likeness (QED) is 0.695. The highest BCUT2D eigenvalue weighted by atomic mass is 32.2. The van der Waals surface area contributed by atoms with Gasteiger partial charge in [0.2, 0.25) is 5.16 Å². The second-order valence-corrected chi connectivity index (χ2v) is 6.77. The van der Waals surface area contributed by atoms with E-state index in [4.69, 9.17) is 0 Å². The number of aromatic nitrogens is 5.